The normalized spacial score (nSPS) is 12.0. The molecule has 0 saturated carbocycles. The van der Waals surface area contributed by atoms with Crippen molar-refractivity contribution in [2.75, 3.05) is 19.0 Å². The van der Waals surface area contributed by atoms with Crippen LogP contribution in [0.25, 0.3) is 0 Å². The summed E-state index contributed by atoms with van der Waals surface area (Å²) in [5.41, 5.74) is -0.358. The molecule has 3 heteroatoms. The number of aliphatic hydroxyl groups excluding tert-OH is 2. The molecule has 0 heterocycles. The van der Waals surface area contributed by atoms with Crippen molar-refractivity contribution in [1.29, 1.82) is 0 Å². The Morgan fingerprint density at radius 1 is 1.33 bits per heavy atom. The molecule has 0 aliphatic carbocycles. The molecule has 0 fully saturated rings. The van der Waals surface area contributed by atoms with Gasteiger partial charge in [-0.1, -0.05) is 6.92 Å². The summed E-state index contributed by atoms with van der Waals surface area (Å²) in [5.74, 6) is 0.538. The second-order valence-corrected chi connectivity index (χ2v) is 2.64. The van der Waals surface area contributed by atoms with Gasteiger partial charge < -0.3 is 10.2 Å². The van der Waals surface area contributed by atoms with Gasteiger partial charge in [-0.25, -0.2) is 0 Å². The number of hydrogen-bond acceptors (Lipinski definition) is 3. The van der Waals surface area contributed by atoms with Gasteiger partial charge in [-0.2, -0.15) is 12.6 Å². The van der Waals surface area contributed by atoms with Crippen molar-refractivity contribution in [1.82, 2.24) is 0 Å². The number of aliphatic hydroxyl groups is 2. The molecule has 0 amide bonds. The monoisotopic (exact) mass is 150 g/mol. The molecule has 2 nitrogen and oxygen atoms in total. The Hall–Kier alpha value is 0.270. The molecule has 0 aromatic heterocycles. The minimum atomic E-state index is -0.358. The predicted molar refractivity (Wildman–Crippen MR) is 40.7 cm³/mol. The predicted octanol–water partition coefficient (Wildman–Crippen LogP) is 0.297. The van der Waals surface area contributed by atoms with Crippen LogP contribution in [0, 0.1) is 5.41 Å². The summed E-state index contributed by atoms with van der Waals surface area (Å²) >= 11 is 4.02. The van der Waals surface area contributed by atoms with Gasteiger partial charge in [0.15, 0.2) is 0 Å². The highest BCUT2D eigenvalue weighted by Crippen LogP contribution is 2.21. The van der Waals surface area contributed by atoms with Crippen LogP contribution in [0.15, 0.2) is 0 Å². The van der Waals surface area contributed by atoms with Crippen molar-refractivity contribution in [3.8, 4) is 0 Å². The van der Waals surface area contributed by atoms with E-state index in [1.54, 1.807) is 0 Å². The molecule has 0 unspecified atom stereocenters. The maximum atomic E-state index is 8.77. The van der Waals surface area contributed by atoms with E-state index in [1.807, 2.05) is 6.92 Å². The van der Waals surface area contributed by atoms with Crippen LogP contribution >= 0.6 is 12.6 Å². The van der Waals surface area contributed by atoms with Gasteiger partial charge in [0.2, 0.25) is 0 Å². The third-order valence-corrected chi connectivity index (χ3v) is 2.43. The second-order valence-electron chi connectivity index (χ2n) is 2.33. The minimum absolute atomic E-state index is 0.0174. The summed E-state index contributed by atoms with van der Waals surface area (Å²) in [6.07, 6.45) is 0.767. The van der Waals surface area contributed by atoms with Gasteiger partial charge in [-0.3, -0.25) is 0 Å². The largest absolute Gasteiger partial charge is 0.396 e. The highest BCUT2D eigenvalue weighted by atomic mass is 32.1. The molecule has 0 aliphatic rings. The van der Waals surface area contributed by atoms with Gasteiger partial charge in [0.05, 0.1) is 13.2 Å². The molecule has 0 saturated heterocycles. The highest BCUT2D eigenvalue weighted by molar-refractivity contribution is 7.80. The van der Waals surface area contributed by atoms with Crippen LogP contribution in [0.1, 0.15) is 13.3 Å². The van der Waals surface area contributed by atoms with Gasteiger partial charge in [-0.05, 0) is 6.42 Å². The molecule has 0 bridgehead atoms. The first kappa shape index (κ1) is 9.27. The van der Waals surface area contributed by atoms with E-state index in [1.165, 1.54) is 0 Å². The van der Waals surface area contributed by atoms with E-state index in [4.69, 9.17) is 10.2 Å². The van der Waals surface area contributed by atoms with E-state index in [-0.39, 0.29) is 18.6 Å². The third-order valence-electron chi connectivity index (χ3n) is 1.76. The summed E-state index contributed by atoms with van der Waals surface area (Å²) in [6.45, 7) is 1.97. The summed E-state index contributed by atoms with van der Waals surface area (Å²) in [5, 5.41) is 17.5. The van der Waals surface area contributed by atoms with E-state index in [0.717, 1.165) is 6.42 Å². The van der Waals surface area contributed by atoms with E-state index in [0.29, 0.717) is 5.75 Å². The van der Waals surface area contributed by atoms with Crippen LogP contribution in [0.3, 0.4) is 0 Å². The zero-order chi connectivity index (χ0) is 7.33. The fourth-order valence-corrected chi connectivity index (χ4v) is 0.909. The maximum absolute atomic E-state index is 8.77. The fourth-order valence-electron chi connectivity index (χ4n) is 0.485. The lowest BCUT2D eigenvalue weighted by atomic mass is 9.90. The van der Waals surface area contributed by atoms with Gasteiger partial charge in [0.1, 0.15) is 0 Å². The van der Waals surface area contributed by atoms with Crippen molar-refractivity contribution in [2.45, 2.75) is 13.3 Å². The smallest absolute Gasteiger partial charge is 0.0517 e. The molecule has 0 radical (unpaired) electrons. The molecule has 0 spiro atoms. The van der Waals surface area contributed by atoms with E-state index < -0.39 is 0 Å². The van der Waals surface area contributed by atoms with Gasteiger partial charge >= 0.3 is 0 Å². The summed E-state index contributed by atoms with van der Waals surface area (Å²) < 4.78 is 0. The van der Waals surface area contributed by atoms with E-state index in [9.17, 15) is 0 Å². The third kappa shape index (κ3) is 2.16. The van der Waals surface area contributed by atoms with Crippen LogP contribution in [0.4, 0.5) is 0 Å². The zero-order valence-corrected chi connectivity index (χ0v) is 6.56. The molecular formula is C6H14O2S. The summed E-state index contributed by atoms with van der Waals surface area (Å²) in [6, 6.07) is 0. The van der Waals surface area contributed by atoms with Crippen LogP contribution in [-0.4, -0.2) is 29.2 Å². The lowest BCUT2D eigenvalue weighted by Gasteiger charge is -2.25. The van der Waals surface area contributed by atoms with Gasteiger partial charge in [0, 0.05) is 11.2 Å². The van der Waals surface area contributed by atoms with E-state index >= 15 is 0 Å². The van der Waals surface area contributed by atoms with Crippen molar-refractivity contribution in [2.24, 2.45) is 5.41 Å². The molecule has 0 aromatic carbocycles. The standard InChI is InChI=1S/C6H14O2S/c1-2-6(3-7,4-8)5-9/h7-9H,2-5H2,1H3. The molecule has 56 valence electrons. The molecule has 9 heavy (non-hydrogen) atoms. The van der Waals surface area contributed by atoms with E-state index in [2.05, 4.69) is 12.6 Å². The Morgan fingerprint density at radius 3 is 1.78 bits per heavy atom. The first-order valence-electron chi connectivity index (χ1n) is 3.07. The SMILES string of the molecule is CCC(CO)(CO)CS. The van der Waals surface area contributed by atoms with Gasteiger partial charge in [0.25, 0.3) is 0 Å². The summed E-state index contributed by atoms with van der Waals surface area (Å²) in [7, 11) is 0. The number of hydrogen-bond donors (Lipinski definition) is 3. The van der Waals surface area contributed by atoms with Crippen molar-refractivity contribution in [3.63, 3.8) is 0 Å². The van der Waals surface area contributed by atoms with Crippen molar-refractivity contribution < 1.29 is 10.2 Å². The van der Waals surface area contributed by atoms with Crippen molar-refractivity contribution in [3.05, 3.63) is 0 Å². The first-order chi connectivity index (χ1) is 4.24. The molecular weight excluding hydrogens is 136 g/mol. The Labute approximate surface area is 61.3 Å². The first-order valence-corrected chi connectivity index (χ1v) is 3.70. The molecule has 0 aromatic rings. The number of thiol groups is 1. The lowest BCUT2D eigenvalue weighted by molar-refractivity contribution is 0.0713. The topological polar surface area (TPSA) is 40.5 Å². The second kappa shape index (κ2) is 4.14. The number of rotatable bonds is 4. The molecule has 0 aliphatic heterocycles. The lowest BCUT2D eigenvalue weighted by Crippen LogP contribution is -2.30. The van der Waals surface area contributed by atoms with Crippen LogP contribution < -0.4 is 0 Å². The minimum Gasteiger partial charge on any atom is -0.396 e. The molecule has 0 rings (SSSR count). The average Bonchev–Trinajstić information content (AvgIpc) is 1.95. The van der Waals surface area contributed by atoms with Gasteiger partial charge in [-0.15, -0.1) is 0 Å². The van der Waals surface area contributed by atoms with Crippen molar-refractivity contribution >= 4 is 12.6 Å². The fraction of sp³-hybridized carbons (Fsp3) is 1.00. The highest BCUT2D eigenvalue weighted by Gasteiger charge is 2.23. The maximum Gasteiger partial charge on any atom is 0.0517 e. The molecule has 2 N–H and O–H groups in total. The Morgan fingerprint density at radius 2 is 1.78 bits per heavy atom. The average molecular weight is 150 g/mol. The summed E-state index contributed by atoms with van der Waals surface area (Å²) in [4.78, 5) is 0. The molecule has 0 atom stereocenters. The van der Waals surface area contributed by atoms with Crippen LogP contribution in [-0.2, 0) is 0 Å². The van der Waals surface area contributed by atoms with Crippen LogP contribution in [0.5, 0.6) is 0 Å². The quantitative estimate of drug-likeness (QED) is 0.504. The van der Waals surface area contributed by atoms with Crippen LogP contribution in [0.2, 0.25) is 0 Å². The Kier molecular flexibility index (Phi) is 4.27. The zero-order valence-electron chi connectivity index (χ0n) is 5.67. The Bertz CT molecular complexity index is 53.9. The Balaban J connectivity index is 3.82.